The van der Waals surface area contributed by atoms with Crippen LogP contribution < -0.4 is 10.6 Å². The summed E-state index contributed by atoms with van der Waals surface area (Å²) < 4.78 is 31.7. The van der Waals surface area contributed by atoms with Gasteiger partial charge in [-0.3, -0.25) is 19.4 Å². The van der Waals surface area contributed by atoms with Gasteiger partial charge in [0.1, 0.15) is 0 Å². The van der Waals surface area contributed by atoms with Crippen molar-refractivity contribution >= 4 is 29.6 Å². The van der Waals surface area contributed by atoms with Gasteiger partial charge in [-0.1, -0.05) is 24.3 Å². The van der Waals surface area contributed by atoms with Crippen LogP contribution >= 0.6 is 0 Å². The van der Waals surface area contributed by atoms with E-state index in [0.29, 0.717) is 19.5 Å². The second kappa shape index (κ2) is 12.7. The number of aliphatic carboxylic acids is 2. The third kappa shape index (κ3) is 8.91. The lowest BCUT2D eigenvalue weighted by molar-refractivity contribution is -0.192. The van der Waals surface area contributed by atoms with Crippen molar-refractivity contribution in [3.8, 4) is 0 Å². The molecule has 1 aromatic carbocycles. The van der Waals surface area contributed by atoms with Gasteiger partial charge in [0.25, 0.3) is 0 Å². The number of carbonyl (C=O) groups excluding carboxylic acids is 2. The lowest BCUT2D eigenvalue weighted by atomic mass is 9.91. The Balaban J connectivity index is 0.000000540. The summed E-state index contributed by atoms with van der Waals surface area (Å²) in [5, 5.41) is 22.4. The highest BCUT2D eigenvalue weighted by Gasteiger charge is 2.38. The SMILES string of the molecule is O=C(O)C(F)(F)F.O=C(O)CC1C(=O)N(CC(=O)NCCCC2=NCCN2)CCc2ccccc21. The van der Waals surface area contributed by atoms with Crippen LogP contribution in [0.3, 0.4) is 0 Å². The molecule has 0 spiro atoms. The molecule has 2 aliphatic heterocycles. The van der Waals surface area contributed by atoms with E-state index in [1.807, 2.05) is 24.3 Å². The number of fused-ring (bicyclic) bond motifs is 1. The van der Waals surface area contributed by atoms with Crippen LogP contribution in [0.5, 0.6) is 0 Å². The summed E-state index contributed by atoms with van der Waals surface area (Å²) in [7, 11) is 0. The fraction of sp³-hybridized carbons (Fsp3) is 0.500. The standard InChI is InChI=1S/C20H26N4O4.C2HF3O2/c25-18(23-8-3-6-17-21-9-10-22-17)13-24-11-7-14-4-1-2-5-15(14)16(20(24)28)12-19(26)27;3-2(4,5)1(6)7/h1-2,4-5,16H,3,6-13H2,(H,21,22)(H,23,25)(H,26,27);(H,6,7). The average molecular weight is 500 g/mol. The first-order valence-corrected chi connectivity index (χ1v) is 10.9. The number of carboxylic acid groups (broad SMARTS) is 2. The van der Waals surface area contributed by atoms with Crippen LogP contribution in [0.15, 0.2) is 29.3 Å². The zero-order valence-corrected chi connectivity index (χ0v) is 18.8. The van der Waals surface area contributed by atoms with Crippen molar-refractivity contribution in [3.63, 3.8) is 0 Å². The number of halogens is 3. The minimum Gasteiger partial charge on any atom is -0.481 e. The molecule has 0 aliphatic carbocycles. The van der Waals surface area contributed by atoms with Gasteiger partial charge in [0.15, 0.2) is 0 Å². The van der Waals surface area contributed by atoms with E-state index in [4.69, 9.17) is 9.90 Å². The van der Waals surface area contributed by atoms with Gasteiger partial charge in [-0.25, -0.2) is 4.79 Å². The van der Waals surface area contributed by atoms with Gasteiger partial charge in [0.05, 0.1) is 31.3 Å². The molecule has 1 atom stereocenters. The normalized spacial score (nSPS) is 17.2. The van der Waals surface area contributed by atoms with Gasteiger partial charge in [0.2, 0.25) is 11.8 Å². The number of alkyl halides is 3. The van der Waals surface area contributed by atoms with E-state index in [9.17, 15) is 32.7 Å². The van der Waals surface area contributed by atoms with Gasteiger partial charge in [-0.05, 0) is 24.0 Å². The van der Waals surface area contributed by atoms with Crippen molar-refractivity contribution in [3.05, 3.63) is 35.4 Å². The van der Waals surface area contributed by atoms with Crippen LogP contribution in [0.4, 0.5) is 13.2 Å². The smallest absolute Gasteiger partial charge is 0.481 e. The van der Waals surface area contributed by atoms with Crippen molar-refractivity contribution in [2.45, 2.75) is 37.8 Å². The third-order valence-corrected chi connectivity index (χ3v) is 5.30. The predicted molar refractivity (Wildman–Crippen MR) is 118 cm³/mol. The molecule has 0 saturated carbocycles. The second-order valence-corrected chi connectivity index (χ2v) is 7.87. The van der Waals surface area contributed by atoms with Crippen molar-refractivity contribution in [2.75, 3.05) is 32.7 Å². The first kappa shape index (κ1) is 27.6. The average Bonchev–Trinajstić information content (AvgIpc) is 3.27. The molecule has 2 heterocycles. The number of amides is 2. The van der Waals surface area contributed by atoms with Crippen molar-refractivity contribution in [2.24, 2.45) is 4.99 Å². The number of nitrogens with one attached hydrogen (secondary N) is 2. The Morgan fingerprint density at radius 2 is 1.89 bits per heavy atom. The lowest BCUT2D eigenvalue weighted by Crippen LogP contribution is -2.43. The molecule has 0 saturated heterocycles. The number of carbonyl (C=O) groups is 4. The Hall–Kier alpha value is -3.64. The number of benzene rings is 1. The quantitative estimate of drug-likeness (QED) is 0.392. The molecule has 4 N–H and O–H groups in total. The molecule has 0 bridgehead atoms. The highest BCUT2D eigenvalue weighted by molar-refractivity contribution is 5.91. The van der Waals surface area contributed by atoms with Crippen LogP contribution in [0, 0.1) is 0 Å². The van der Waals surface area contributed by atoms with Crippen LogP contribution in [0.1, 0.15) is 36.3 Å². The first-order chi connectivity index (χ1) is 16.5. The van der Waals surface area contributed by atoms with E-state index in [0.717, 1.165) is 42.9 Å². The monoisotopic (exact) mass is 500 g/mol. The van der Waals surface area contributed by atoms with Gasteiger partial charge >= 0.3 is 18.1 Å². The van der Waals surface area contributed by atoms with Gasteiger partial charge in [-0.15, -0.1) is 0 Å². The van der Waals surface area contributed by atoms with Gasteiger partial charge in [0, 0.05) is 26.1 Å². The minimum absolute atomic E-state index is 0.0534. The maximum atomic E-state index is 12.9. The number of hydrogen-bond donors (Lipinski definition) is 4. The highest BCUT2D eigenvalue weighted by atomic mass is 19.4. The van der Waals surface area contributed by atoms with Crippen LogP contribution in [-0.2, 0) is 25.6 Å². The molecule has 192 valence electrons. The molecule has 13 heteroatoms. The Labute approximate surface area is 199 Å². The molecule has 0 fully saturated rings. The van der Waals surface area contributed by atoms with Crippen molar-refractivity contribution in [1.29, 1.82) is 0 Å². The van der Waals surface area contributed by atoms with Gasteiger partial charge in [-0.2, -0.15) is 13.2 Å². The maximum Gasteiger partial charge on any atom is 0.490 e. The zero-order valence-electron chi connectivity index (χ0n) is 18.8. The highest BCUT2D eigenvalue weighted by Crippen LogP contribution is 2.29. The topological polar surface area (TPSA) is 148 Å². The first-order valence-electron chi connectivity index (χ1n) is 10.9. The fourth-order valence-electron chi connectivity index (χ4n) is 3.68. The van der Waals surface area contributed by atoms with E-state index < -0.39 is 24.0 Å². The summed E-state index contributed by atoms with van der Waals surface area (Å²) >= 11 is 0. The number of aliphatic imine (C=N–C) groups is 1. The van der Waals surface area contributed by atoms with E-state index >= 15 is 0 Å². The van der Waals surface area contributed by atoms with Crippen molar-refractivity contribution < 1.29 is 42.6 Å². The molecular formula is C22H27F3N4O6. The van der Waals surface area contributed by atoms with Crippen LogP contribution in [0.25, 0.3) is 0 Å². The molecule has 2 amide bonds. The van der Waals surface area contributed by atoms with E-state index in [1.165, 1.54) is 4.90 Å². The molecule has 2 aliphatic rings. The molecule has 1 unspecified atom stereocenters. The summed E-state index contributed by atoms with van der Waals surface area (Å²) in [4.78, 5) is 51.2. The summed E-state index contributed by atoms with van der Waals surface area (Å²) in [6, 6.07) is 7.42. The van der Waals surface area contributed by atoms with E-state index in [1.54, 1.807) is 0 Å². The fourth-order valence-corrected chi connectivity index (χ4v) is 3.68. The summed E-state index contributed by atoms with van der Waals surface area (Å²) in [5.74, 6) is -4.08. The number of carboxylic acids is 2. The molecule has 1 aromatic rings. The molecular weight excluding hydrogens is 473 g/mol. The van der Waals surface area contributed by atoms with Crippen LogP contribution in [0.2, 0.25) is 0 Å². The minimum atomic E-state index is -5.08. The molecule has 0 radical (unpaired) electrons. The number of nitrogens with zero attached hydrogens (tertiary/aromatic N) is 2. The van der Waals surface area contributed by atoms with Gasteiger partial charge < -0.3 is 25.7 Å². The molecule has 0 aromatic heterocycles. The second-order valence-electron chi connectivity index (χ2n) is 7.87. The Morgan fingerprint density at radius 1 is 1.20 bits per heavy atom. The number of amidine groups is 1. The zero-order chi connectivity index (χ0) is 26.0. The Kier molecular flexibility index (Phi) is 10.0. The maximum absolute atomic E-state index is 12.9. The summed E-state index contributed by atoms with van der Waals surface area (Å²) in [6.45, 7) is 2.54. The van der Waals surface area contributed by atoms with Crippen molar-refractivity contribution in [1.82, 2.24) is 15.5 Å². The van der Waals surface area contributed by atoms with E-state index in [2.05, 4.69) is 15.6 Å². The van der Waals surface area contributed by atoms with E-state index in [-0.39, 0.29) is 24.8 Å². The molecule has 10 nitrogen and oxygen atoms in total. The Morgan fingerprint density at radius 3 is 2.49 bits per heavy atom. The number of hydrogen-bond acceptors (Lipinski definition) is 6. The lowest BCUT2D eigenvalue weighted by Gasteiger charge is -2.23. The molecule has 3 rings (SSSR count). The summed E-state index contributed by atoms with van der Waals surface area (Å²) in [5.41, 5.74) is 1.72. The van der Waals surface area contributed by atoms with Crippen LogP contribution in [-0.4, -0.2) is 83.6 Å². The third-order valence-electron chi connectivity index (χ3n) is 5.30. The Bertz CT molecular complexity index is 967. The largest absolute Gasteiger partial charge is 0.490 e. The predicted octanol–water partition coefficient (Wildman–Crippen LogP) is 1.16. The summed E-state index contributed by atoms with van der Waals surface area (Å²) in [6.07, 6.45) is -3.18. The molecule has 35 heavy (non-hydrogen) atoms. The number of rotatable bonds is 8.